The Kier molecular flexibility index (Phi) is 4.76. The summed E-state index contributed by atoms with van der Waals surface area (Å²) in [5, 5.41) is 6.61. The summed E-state index contributed by atoms with van der Waals surface area (Å²) >= 11 is 0. The van der Waals surface area contributed by atoms with Crippen LogP contribution in [0, 0.1) is 0 Å². The van der Waals surface area contributed by atoms with Gasteiger partial charge in [-0.25, -0.2) is 4.79 Å². The number of hydrogen-bond acceptors (Lipinski definition) is 5. The zero-order valence-electron chi connectivity index (χ0n) is 13.1. The van der Waals surface area contributed by atoms with Crippen molar-refractivity contribution < 1.29 is 18.8 Å². The number of hydrogen-bond donors (Lipinski definition) is 1. The molecule has 0 radical (unpaired) electrons. The van der Waals surface area contributed by atoms with Gasteiger partial charge in [0.25, 0.3) is 0 Å². The van der Waals surface area contributed by atoms with Crippen molar-refractivity contribution in [3.05, 3.63) is 66.4 Å². The molecule has 2 aromatic carbocycles. The number of rotatable bonds is 5. The molecule has 1 heterocycles. The Bertz CT molecular complexity index is 797. The molecule has 1 amide bonds. The number of anilines is 1. The summed E-state index contributed by atoms with van der Waals surface area (Å²) in [6.45, 7) is 0.267. The molecular formula is C18H16N2O4. The fourth-order valence-corrected chi connectivity index (χ4v) is 2.08. The zero-order valence-corrected chi connectivity index (χ0v) is 13.1. The fraction of sp³-hybridized carbons (Fsp3) is 0.111. The van der Waals surface area contributed by atoms with Crippen LogP contribution in [0.1, 0.15) is 5.76 Å². The normalized spacial score (nSPS) is 10.2. The van der Waals surface area contributed by atoms with Crippen LogP contribution in [0.5, 0.6) is 5.75 Å². The number of methoxy groups -OCH3 is 1. The molecule has 0 fully saturated rings. The SMILES string of the molecule is COC(=O)Nc1ccc(OCc2cc(-c3ccccc3)no2)cc1. The van der Waals surface area contributed by atoms with Crippen LogP contribution in [0.2, 0.25) is 0 Å². The molecule has 0 spiro atoms. The molecule has 122 valence electrons. The number of benzene rings is 2. The van der Waals surface area contributed by atoms with Crippen molar-refractivity contribution in [1.29, 1.82) is 0 Å². The minimum absolute atomic E-state index is 0.267. The molecule has 24 heavy (non-hydrogen) atoms. The summed E-state index contributed by atoms with van der Waals surface area (Å²) in [5.41, 5.74) is 2.39. The van der Waals surface area contributed by atoms with Crippen molar-refractivity contribution in [2.24, 2.45) is 0 Å². The van der Waals surface area contributed by atoms with Crippen LogP contribution in [0.3, 0.4) is 0 Å². The Morgan fingerprint density at radius 3 is 2.58 bits per heavy atom. The van der Waals surface area contributed by atoms with Gasteiger partial charge in [0, 0.05) is 17.3 Å². The van der Waals surface area contributed by atoms with E-state index in [2.05, 4.69) is 15.2 Å². The van der Waals surface area contributed by atoms with E-state index in [-0.39, 0.29) is 6.61 Å². The largest absolute Gasteiger partial charge is 0.486 e. The molecule has 6 nitrogen and oxygen atoms in total. The van der Waals surface area contributed by atoms with Crippen LogP contribution in [0.25, 0.3) is 11.3 Å². The van der Waals surface area contributed by atoms with E-state index < -0.39 is 6.09 Å². The first-order valence-corrected chi connectivity index (χ1v) is 7.33. The lowest BCUT2D eigenvalue weighted by atomic mass is 10.1. The minimum atomic E-state index is -0.515. The van der Waals surface area contributed by atoms with E-state index in [0.717, 1.165) is 11.3 Å². The molecule has 3 rings (SSSR count). The predicted octanol–water partition coefficient (Wildman–Crippen LogP) is 4.10. The molecule has 0 unspecified atom stereocenters. The van der Waals surface area contributed by atoms with E-state index in [1.54, 1.807) is 24.3 Å². The van der Waals surface area contributed by atoms with Gasteiger partial charge in [-0.1, -0.05) is 35.5 Å². The second-order valence-electron chi connectivity index (χ2n) is 4.97. The van der Waals surface area contributed by atoms with Crippen LogP contribution < -0.4 is 10.1 Å². The second-order valence-corrected chi connectivity index (χ2v) is 4.97. The molecule has 3 aromatic rings. The second kappa shape index (κ2) is 7.32. The first-order chi connectivity index (χ1) is 11.7. The monoisotopic (exact) mass is 324 g/mol. The van der Waals surface area contributed by atoms with E-state index in [1.165, 1.54) is 7.11 Å². The number of ether oxygens (including phenoxy) is 2. The van der Waals surface area contributed by atoms with Crippen molar-refractivity contribution in [3.8, 4) is 17.0 Å². The highest BCUT2D eigenvalue weighted by Gasteiger charge is 2.07. The molecule has 0 saturated carbocycles. The Balaban J connectivity index is 1.58. The van der Waals surface area contributed by atoms with Crippen LogP contribution in [0.4, 0.5) is 10.5 Å². The first-order valence-electron chi connectivity index (χ1n) is 7.33. The summed E-state index contributed by atoms with van der Waals surface area (Å²) in [7, 11) is 1.31. The van der Waals surface area contributed by atoms with Gasteiger partial charge in [0.15, 0.2) is 5.76 Å². The van der Waals surface area contributed by atoms with Gasteiger partial charge in [-0.05, 0) is 24.3 Å². The van der Waals surface area contributed by atoms with Crippen LogP contribution >= 0.6 is 0 Å². The van der Waals surface area contributed by atoms with Gasteiger partial charge in [0.05, 0.1) is 7.11 Å². The Morgan fingerprint density at radius 1 is 1.12 bits per heavy atom. The number of aromatic nitrogens is 1. The average molecular weight is 324 g/mol. The van der Waals surface area contributed by atoms with Gasteiger partial charge < -0.3 is 14.0 Å². The van der Waals surface area contributed by atoms with Gasteiger partial charge in [0.1, 0.15) is 18.1 Å². The molecule has 0 atom stereocenters. The van der Waals surface area contributed by atoms with Gasteiger partial charge in [-0.15, -0.1) is 0 Å². The van der Waals surface area contributed by atoms with E-state index in [0.29, 0.717) is 17.2 Å². The third kappa shape index (κ3) is 3.92. The lowest BCUT2D eigenvalue weighted by molar-refractivity contribution is 0.187. The third-order valence-corrected chi connectivity index (χ3v) is 3.30. The van der Waals surface area contributed by atoms with E-state index in [4.69, 9.17) is 9.26 Å². The average Bonchev–Trinajstić information content (AvgIpc) is 3.11. The Labute approximate surface area is 139 Å². The highest BCUT2D eigenvalue weighted by Crippen LogP contribution is 2.21. The summed E-state index contributed by atoms with van der Waals surface area (Å²) in [6, 6.07) is 18.6. The van der Waals surface area contributed by atoms with Crippen LogP contribution in [-0.2, 0) is 11.3 Å². The summed E-state index contributed by atoms with van der Waals surface area (Å²) in [5.74, 6) is 1.29. The topological polar surface area (TPSA) is 73.6 Å². The maximum absolute atomic E-state index is 11.1. The lowest BCUT2D eigenvalue weighted by Gasteiger charge is -2.06. The number of nitrogens with one attached hydrogen (secondary N) is 1. The van der Waals surface area contributed by atoms with Gasteiger partial charge in [-0.2, -0.15) is 0 Å². The zero-order chi connectivity index (χ0) is 16.8. The summed E-state index contributed by atoms with van der Waals surface area (Å²) in [6.07, 6.45) is -0.515. The van der Waals surface area contributed by atoms with Gasteiger partial charge >= 0.3 is 6.09 Å². The summed E-state index contributed by atoms with van der Waals surface area (Å²) < 4.78 is 15.5. The molecule has 0 aliphatic rings. The number of nitrogens with zero attached hydrogens (tertiary/aromatic N) is 1. The van der Waals surface area contributed by atoms with Crippen molar-refractivity contribution in [2.45, 2.75) is 6.61 Å². The van der Waals surface area contributed by atoms with Gasteiger partial charge in [-0.3, -0.25) is 5.32 Å². The predicted molar refractivity (Wildman–Crippen MR) is 88.7 cm³/mol. The van der Waals surface area contributed by atoms with Crippen molar-refractivity contribution in [2.75, 3.05) is 12.4 Å². The Morgan fingerprint density at radius 2 is 1.88 bits per heavy atom. The first kappa shape index (κ1) is 15.6. The van der Waals surface area contributed by atoms with Crippen LogP contribution in [-0.4, -0.2) is 18.4 Å². The van der Waals surface area contributed by atoms with Crippen molar-refractivity contribution in [3.63, 3.8) is 0 Å². The van der Waals surface area contributed by atoms with E-state index in [9.17, 15) is 4.79 Å². The lowest BCUT2D eigenvalue weighted by Crippen LogP contribution is -2.10. The molecule has 6 heteroatoms. The van der Waals surface area contributed by atoms with Crippen molar-refractivity contribution >= 4 is 11.8 Å². The smallest absolute Gasteiger partial charge is 0.411 e. The van der Waals surface area contributed by atoms with Crippen molar-refractivity contribution in [1.82, 2.24) is 5.16 Å². The maximum Gasteiger partial charge on any atom is 0.411 e. The summed E-state index contributed by atoms with van der Waals surface area (Å²) in [4.78, 5) is 11.1. The molecule has 1 aromatic heterocycles. The molecule has 0 aliphatic heterocycles. The number of carbonyl (C=O) groups is 1. The molecule has 0 saturated heterocycles. The third-order valence-electron chi connectivity index (χ3n) is 3.30. The van der Waals surface area contributed by atoms with Crippen LogP contribution in [0.15, 0.2) is 65.2 Å². The quantitative estimate of drug-likeness (QED) is 0.765. The molecular weight excluding hydrogens is 308 g/mol. The van der Waals surface area contributed by atoms with Gasteiger partial charge in [0.2, 0.25) is 0 Å². The minimum Gasteiger partial charge on any atom is -0.486 e. The van der Waals surface area contributed by atoms with E-state index >= 15 is 0 Å². The number of amides is 1. The molecule has 0 aliphatic carbocycles. The highest BCUT2D eigenvalue weighted by atomic mass is 16.5. The fourth-order valence-electron chi connectivity index (χ4n) is 2.08. The number of carbonyl (C=O) groups excluding carboxylic acids is 1. The maximum atomic E-state index is 11.1. The highest BCUT2D eigenvalue weighted by molar-refractivity contribution is 5.84. The molecule has 0 bridgehead atoms. The Hall–Kier alpha value is -3.28. The molecule has 1 N–H and O–H groups in total. The van der Waals surface area contributed by atoms with E-state index in [1.807, 2.05) is 36.4 Å². The standard InChI is InChI=1S/C18H16N2O4/c1-22-18(21)19-14-7-9-15(10-8-14)23-12-16-11-17(20-24-16)13-5-3-2-4-6-13/h2-11H,12H2,1H3,(H,19,21).